The second kappa shape index (κ2) is 14.5. The molecule has 1 aliphatic rings. The van der Waals surface area contributed by atoms with Gasteiger partial charge in [0.05, 0.1) is 31.6 Å². The van der Waals surface area contributed by atoms with Crippen molar-refractivity contribution in [3.8, 4) is 11.5 Å². The number of aromatic nitrogens is 1. The number of rotatable bonds is 9. The average Bonchev–Trinajstić information content (AvgIpc) is 3.42. The Hall–Kier alpha value is -3.05. The molecule has 6 heteroatoms. The van der Waals surface area contributed by atoms with E-state index in [4.69, 9.17) is 25.8 Å². The predicted molar refractivity (Wildman–Crippen MR) is 144 cm³/mol. The molecule has 5 nitrogen and oxygen atoms in total. The molecular weight excluding hydrogens is 474 g/mol. The number of hydrogen-bond acceptors (Lipinski definition) is 5. The summed E-state index contributed by atoms with van der Waals surface area (Å²) >= 11 is 6.62. The summed E-state index contributed by atoms with van der Waals surface area (Å²) in [6.07, 6.45) is 7.98. The fourth-order valence-corrected chi connectivity index (χ4v) is 4.43. The van der Waals surface area contributed by atoms with E-state index in [1.807, 2.05) is 74.5 Å². The third-order valence-corrected chi connectivity index (χ3v) is 6.57. The number of pyridine rings is 1. The van der Waals surface area contributed by atoms with E-state index in [-0.39, 0.29) is 11.3 Å². The maximum atomic E-state index is 11.2. The van der Waals surface area contributed by atoms with Crippen molar-refractivity contribution in [3.05, 3.63) is 89.2 Å². The van der Waals surface area contributed by atoms with E-state index >= 15 is 0 Å². The minimum Gasteiger partial charge on any atom is -0.493 e. The van der Waals surface area contributed by atoms with Gasteiger partial charge in [-0.2, -0.15) is 0 Å². The zero-order valence-corrected chi connectivity index (χ0v) is 22.2. The predicted octanol–water partition coefficient (Wildman–Crippen LogP) is 7.09. The lowest BCUT2D eigenvalue weighted by atomic mass is 10.0. The van der Waals surface area contributed by atoms with Crippen molar-refractivity contribution in [1.29, 1.82) is 0 Å². The molecule has 1 unspecified atom stereocenters. The fraction of sp³-hybridized carbons (Fsp3) is 0.400. The van der Waals surface area contributed by atoms with Crippen molar-refractivity contribution < 1.29 is 19.0 Å². The molecule has 36 heavy (non-hydrogen) atoms. The largest absolute Gasteiger partial charge is 0.493 e. The van der Waals surface area contributed by atoms with Gasteiger partial charge in [0.2, 0.25) is 0 Å². The number of ether oxygens (including phenoxy) is 3. The second-order valence-corrected chi connectivity index (χ2v) is 9.14. The highest BCUT2D eigenvalue weighted by atomic mass is 35.5. The van der Waals surface area contributed by atoms with Crippen molar-refractivity contribution in [3.63, 3.8) is 0 Å². The van der Waals surface area contributed by atoms with Gasteiger partial charge in [-0.25, -0.2) is 0 Å². The van der Waals surface area contributed by atoms with E-state index < -0.39 is 0 Å². The minimum absolute atomic E-state index is 0.180. The Kier molecular flexibility index (Phi) is 11.1. The molecule has 1 aromatic heterocycles. The first-order chi connectivity index (χ1) is 17.5. The van der Waals surface area contributed by atoms with Gasteiger partial charge in [-0.1, -0.05) is 43.3 Å². The van der Waals surface area contributed by atoms with Gasteiger partial charge in [0.1, 0.15) is 0 Å². The SMILES string of the molecule is CCOC(=O)Cc1ccnc(CC)c1.COc1ccc(C(Cl)c2ccccc2)cc1OC1CCCC1. The van der Waals surface area contributed by atoms with Crippen LogP contribution in [0.3, 0.4) is 0 Å². The van der Waals surface area contributed by atoms with Crippen LogP contribution in [0, 0.1) is 0 Å². The van der Waals surface area contributed by atoms with Crippen LogP contribution in [0.25, 0.3) is 0 Å². The third kappa shape index (κ3) is 8.27. The molecule has 0 amide bonds. The van der Waals surface area contributed by atoms with Gasteiger partial charge in [0, 0.05) is 11.9 Å². The van der Waals surface area contributed by atoms with Crippen LogP contribution < -0.4 is 9.47 Å². The molecule has 1 heterocycles. The van der Waals surface area contributed by atoms with Gasteiger partial charge < -0.3 is 14.2 Å². The maximum Gasteiger partial charge on any atom is 0.310 e. The first kappa shape index (κ1) is 27.5. The minimum atomic E-state index is -0.182. The summed E-state index contributed by atoms with van der Waals surface area (Å²) in [6, 6.07) is 19.8. The number of alkyl halides is 1. The molecule has 2 aromatic carbocycles. The van der Waals surface area contributed by atoms with Crippen molar-refractivity contribution in [2.45, 2.75) is 63.9 Å². The van der Waals surface area contributed by atoms with Gasteiger partial charge >= 0.3 is 5.97 Å². The molecule has 0 spiro atoms. The molecular formula is C30H36ClNO4. The monoisotopic (exact) mass is 509 g/mol. The number of aryl methyl sites for hydroxylation is 1. The highest BCUT2D eigenvalue weighted by Gasteiger charge is 2.20. The van der Waals surface area contributed by atoms with Crippen LogP contribution in [-0.4, -0.2) is 30.8 Å². The molecule has 192 valence electrons. The maximum absolute atomic E-state index is 11.2. The second-order valence-electron chi connectivity index (χ2n) is 8.70. The molecule has 0 saturated heterocycles. The molecule has 0 N–H and O–H groups in total. The number of halogens is 1. The smallest absolute Gasteiger partial charge is 0.310 e. The van der Waals surface area contributed by atoms with Crippen molar-refractivity contribution >= 4 is 17.6 Å². The molecule has 0 radical (unpaired) electrons. The van der Waals surface area contributed by atoms with E-state index in [0.717, 1.165) is 53.1 Å². The molecule has 4 rings (SSSR count). The van der Waals surface area contributed by atoms with Gasteiger partial charge in [0.15, 0.2) is 11.5 Å². The van der Waals surface area contributed by atoms with Crippen LogP contribution in [0.4, 0.5) is 0 Å². The number of nitrogens with zero attached hydrogens (tertiary/aromatic N) is 1. The summed E-state index contributed by atoms with van der Waals surface area (Å²) in [5, 5.41) is -0.182. The summed E-state index contributed by atoms with van der Waals surface area (Å²) in [6.45, 7) is 4.28. The number of hydrogen-bond donors (Lipinski definition) is 0. The summed E-state index contributed by atoms with van der Waals surface area (Å²) in [7, 11) is 1.67. The number of benzene rings is 2. The number of esters is 1. The van der Waals surface area contributed by atoms with Crippen LogP contribution in [0.5, 0.6) is 11.5 Å². The topological polar surface area (TPSA) is 57.7 Å². The molecule has 1 aliphatic carbocycles. The Morgan fingerprint density at radius 2 is 1.75 bits per heavy atom. The zero-order valence-electron chi connectivity index (χ0n) is 21.4. The molecule has 1 fully saturated rings. The molecule has 0 bridgehead atoms. The summed E-state index contributed by atoms with van der Waals surface area (Å²) < 4.78 is 16.4. The Morgan fingerprint density at radius 3 is 2.42 bits per heavy atom. The van der Waals surface area contributed by atoms with Crippen LogP contribution in [-0.2, 0) is 22.4 Å². The Balaban J connectivity index is 0.000000223. The van der Waals surface area contributed by atoms with Crippen LogP contribution >= 0.6 is 11.6 Å². The van der Waals surface area contributed by atoms with Crippen LogP contribution in [0.15, 0.2) is 66.9 Å². The Bertz CT molecular complexity index is 1080. The highest BCUT2D eigenvalue weighted by molar-refractivity contribution is 6.22. The Morgan fingerprint density at radius 1 is 1.00 bits per heavy atom. The van der Waals surface area contributed by atoms with E-state index in [1.54, 1.807) is 13.3 Å². The normalized spacial score (nSPS) is 13.9. The van der Waals surface area contributed by atoms with Gasteiger partial charge in [0.25, 0.3) is 0 Å². The van der Waals surface area contributed by atoms with E-state index in [1.165, 1.54) is 12.8 Å². The molecule has 1 saturated carbocycles. The molecule has 1 atom stereocenters. The highest BCUT2D eigenvalue weighted by Crippen LogP contribution is 2.37. The van der Waals surface area contributed by atoms with Crippen molar-refractivity contribution in [2.24, 2.45) is 0 Å². The van der Waals surface area contributed by atoms with Gasteiger partial charge in [-0.05, 0) is 80.0 Å². The average molecular weight is 510 g/mol. The Labute approximate surface area is 219 Å². The van der Waals surface area contributed by atoms with Gasteiger partial charge in [-0.15, -0.1) is 11.6 Å². The first-order valence-corrected chi connectivity index (χ1v) is 13.1. The third-order valence-electron chi connectivity index (χ3n) is 6.07. The molecule has 3 aromatic rings. The lowest BCUT2D eigenvalue weighted by molar-refractivity contribution is -0.142. The number of carbonyl (C=O) groups excluding carboxylic acids is 1. The zero-order chi connectivity index (χ0) is 25.8. The number of carbonyl (C=O) groups is 1. The quantitative estimate of drug-likeness (QED) is 0.227. The number of methoxy groups -OCH3 is 1. The van der Waals surface area contributed by atoms with Gasteiger partial charge in [-0.3, -0.25) is 9.78 Å². The molecule has 0 aliphatic heterocycles. The van der Waals surface area contributed by atoms with Crippen molar-refractivity contribution in [2.75, 3.05) is 13.7 Å². The first-order valence-electron chi connectivity index (χ1n) is 12.7. The van der Waals surface area contributed by atoms with Crippen LogP contribution in [0.1, 0.15) is 67.3 Å². The lowest BCUT2D eigenvalue weighted by Gasteiger charge is -2.18. The van der Waals surface area contributed by atoms with Crippen molar-refractivity contribution in [1.82, 2.24) is 4.98 Å². The fourth-order valence-electron chi connectivity index (χ4n) is 4.15. The van der Waals surface area contributed by atoms with E-state index in [9.17, 15) is 4.79 Å². The van der Waals surface area contributed by atoms with E-state index in [0.29, 0.717) is 19.1 Å². The van der Waals surface area contributed by atoms with Crippen LogP contribution in [0.2, 0.25) is 0 Å². The lowest BCUT2D eigenvalue weighted by Crippen LogP contribution is -2.12. The summed E-state index contributed by atoms with van der Waals surface area (Å²) in [5.74, 6) is 1.39. The van der Waals surface area contributed by atoms with E-state index in [2.05, 4.69) is 4.98 Å². The summed E-state index contributed by atoms with van der Waals surface area (Å²) in [4.78, 5) is 15.3. The standard InChI is InChI=1S/C19H21ClO2.C11H15NO2/c1-21-17-12-11-15(19(20)14-7-3-2-4-8-14)13-18(17)22-16-9-5-6-10-16;1-3-10-7-9(5-6-12-10)8-11(13)14-4-2/h2-4,7-8,11-13,16,19H,5-6,9-10H2,1H3;5-7H,3-4,8H2,1-2H3. The summed E-state index contributed by atoms with van der Waals surface area (Å²) in [5.41, 5.74) is 4.09.